The van der Waals surface area contributed by atoms with E-state index in [9.17, 15) is 4.79 Å². The zero-order valence-corrected chi connectivity index (χ0v) is 16.4. The third kappa shape index (κ3) is 4.65. The van der Waals surface area contributed by atoms with Crippen molar-refractivity contribution < 1.29 is 4.79 Å². The van der Waals surface area contributed by atoms with Gasteiger partial charge in [-0.1, -0.05) is 18.2 Å². The number of amides is 1. The van der Waals surface area contributed by atoms with Gasteiger partial charge in [0.05, 0.1) is 12.4 Å². The maximum absolute atomic E-state index is 12.3. The molecule has 1 amide bonds. The fourth-order valence-electron chi connectivity index (χ4n) is 2.94. The van der Waals surface area contributed by atoms with E-state index in [1.807, 2.05) is 36.4 Å². The Morgan fingerprint density at radius 2 is 1.75 bits per heavy atom. The second-order valence-electron chi connectivity index (χ2n) is 6.40. The van der Waals surface area contributed by atoms with E-state index in [-0.39, 0.29) is 11.6 Å². The highest BCUT2D eigenvalue weighted by Crippen LogP contribution is 2.24. The van der Waals surface area contributed by atoms with Gasteiger partial charge >= 0.3 is 0 Å². The minimum absolute atomic E-state index is 0.267. The molecule has 0 aliphatic carbocycles. The molecule has 0 fully saturated rings. The van der Waals surface area contributed by atoms with E-state index in [1.54, 1.807) is 6.20 Å². The first-order valence-electron chi connectivity index (χ1n) is 9.41. The van der Waals surface area contributed by atoms with Crippen LogP contribution in [0.15, 0.2) is 60.9 Å². The number of aryl methyl sites for hydroxylation is 1. The molecule has 6 heteroatoms. The summed E-state index contributed by atoms with van der Waals surface area (Å²) in [7, 11) is 0. The van der Waals surface area contributed by atoms with Gasteiger partial charge in [0.25, 0.3) is 5.91 Å². The summed E-state index contributed by atoms with van der Waals surface area (Å²) in [6.45, 7) is 8.30. The van der Waals surface area contributed by atoms with Crippen molar-refractivity contribution >= 4 is 28.8 Å². The van der Waals surface area contributed by atoms with Gasteiger partial charge in [0.1, 0.15) is 11.5 Å². The van der Waals surface area contributed by atoms with Gasteiger partial charge in [-0.15, -0.1) is 0 Å². The largest absolute Gasteiger partial charge is 0.372 e. The molecule has 3 aromatic rings. The van der Waals surface area contributed by atoms with Crippen LogP contribution in [0.2, 0.25) is 0 Å². The van der Waals surface area contributed by atoms with Crippen LogP contribution in [-0.2, 0) is 0 Å². The number of hydrogen-bond donors (Lipinski definition) is 2. The Labute approximate surface area is 165 Å². The predicted octanol–water partition coefficient (Wildman–Crippen LogP) is 4.63. The molecule has 0 aliphatic heterocycles. The molecular weight excluding hydrogens is 350 g/mol. The van der Waals surface area contributed by atoms with Crippen molar-refractivity contribution in [1.29, 1.82) is 0 Å². The number of nitrogens with one attached hydrogen (secondary N) is 2. The topological polar surface area (TPSA) is 70.2 Å². The van der Waals surface area contributed by atoms with E-state index in [2.05, 4.69) is 58.4 Å². The lowest BCUT2D eigenvalue weighted by atomic mass is 10.1. The fraction of sp³-hybridized carbons (Fsp3) is 0.227. The van der Waals surface area contributed by atoms with Crippen LogP contribution in [0.4, 0.5) is 22.9 Å². The van der Waals surface area contributed by atoms with E-state index >= 15 is 0 Å². The summed E-state index contributed by atoms with van der Waals surface area (Å²) in [6, 6.07) is 15.6. The maximum atomic E-state index is 12.3. The quantitative estimate of drug-likeness (QED) is 0.630. The van der Waals surface area contributed by atoms with Crippen molar-refractivity contribution in [1.82, 2.24) is 9.97 Å². The first-order chi connectivity index (χ1) is 13.6. The van der Waals surface area contributed by atoms with Crippen LogP contribution in [0, 0.1) is 6.92 Å². The fourth-order valence-corrected chi connectivity index (χ4v) is 2.94. The van der Waals surface area contributed by atoms with Crippen LogP contribution >= 0.6 is 0 Å². The van der Waals surface area contributed by atoms with E-state index in [0.29, 0.717) is 5.82 Å². The first-order valence-corrected chi connectivity index (χ1v) is 9.41. The van der Waals surface area contributed by atoms with Crippen LogP contribution in [-0.4, -0.2) is 29.0 Å². The third-order valence-corrected chi connectivity index (χ3v) is 4.52. The van der Waals surface area contributed by atoms with Crippen LogP contribution in [0.25, 0.3) is 0 Å². The molecule has 144 valence electrons. The van der Waals surface area contributed by atoms with Crippen molar-refractivity contribution in [3.05, 3.63) is 72.2 Å². The van der Waals surface area contributed by atoms with Gasteiger partial charge in [0.15, 0.2) is 0 Å². The average Bonchev–Trinajstić information content (AvgIpc) is 2.72. The molecule has 0 saturated carbocycles. The lowest BCUT2D eigenvalue weighted by Gasteiger charge is -2.22. The van der Waals surface area contributed by atoms with E-state index in [4.69, 9.17) is 0 Å². The molecule has 1 heterocycles. The number of aromatic nitrogens is 2. The highest BCUT2D eigenvalue weighted by molar-refractivity contribution is 6.02. The van der Waals surface area contributed by atoms with Crippen LogP contribution in [0.1, 0.15) is 29.9 Å². The number of rotatable bonds is 7. The van der Waals surface area contributed by atoms with Crippen molar-refractivity contribution in [2.24, 2.45) is 0 Å². The summed E-state index contributed by atoms with van der Waals surface area (Å²) >= 11 is 0. The van der Waals surface area contributed by atoms with Gasteiger partial charge in [0, 0.05) is 30.2 Å². The molecule has 0 unspecified atom stereocenters. The van der Waals surface area contributed by atoms with Gasteiger partial charge in [-0.3, -0.25) is 4.79 Å². The Balaban J connectivity index is 1.68. The number of nitrogens with zero attached hydrogens (tertiary/aromatic N) is 3. The van der Waals surface area contributed by atoms with Crippen molar-refractivity contribution in [2.75, 3.05) is 28.6 Å². The van der Waals surface area contributed by atoms with Gasteiger partial charge in [0.2, 0.25) is 0 Å². The van der Waals surface area contributed by atoms with Crippen molar-refractivity contribution in [3.8, 4) is 0 Å². The molecule has 3 rings (SSSR count). The summed E-state index contributed by atoms with van der Waals surface area (Å²) in [5.74, 6) is 0.306. The van der Waals surface area contributed by atoms with E-state index in [0.717, 1.165) is 30.0 Å². The maximum Gasteiger partial charge on any atom is 0.275 e. The number of carbonyl (C=O) groups is 1. The minimum Gasteiger partial charge on any atom is -0.372 e. The molecule has 0 spiro atoms. The zero-order valence-electron chi connectivity index (χ0n) is 16.4. The van der Waals surface area contributed by atoms with Crippen LogP contribution in [0.5, 0.6) is 0 Å². The average molecular weight is 375 g/mol. The number of hydrogen-bond acceptors (Lipinski definition) is 5. The number of para-hydroxylation sites is 1. The smallest absolute Gasteiger partial charge is 0.275 e. The number of carbonyl (C=O) groups excluding carboxylic acids is 1. The standard InChI is InChI=1S/C22H25N5O/c1-4-27(5-2)18-11-12-19(16(3)13-18)26-21-15-23-20(14-24-21)22(28)25-17-9-7-6-8-10-17/h6-15H,4-5H2,1-3H3,(H,24,26)(H,25,28). The number of anilines is 4. The normalized spacial score (nSPS) is 10.4. The molecule has 2 N–H and O–H groups in total. The summed E-state index contributed by atoms with van der Waals surface area (Å²) in [4.78, 5) is 23.1. The van der Waals surface area contributed by atoms with E-state index in [1.165, 1.54) is 11.9 Å². The summed E-state index contributed by atoms with van der Waals surface area (Å²) in [5, 5.41) is 6.06. The highest BCUT2D eigenvalue weighted by atomic mass is 16.1. The van der Waals surface area contributed by atoms with E-state index < -0.39 is 0 Å². The Hall–Kier alpha value is -3.41. The molecule has 0 saturated heterocycles. The molecule has 0 aliphatic rings. The molecule has 28 heavy (non-hydrogen) atoms. The van der Waals surface area contributed by atoms with Crippen molar-refractivity contribution in [3.63, 3.8) is 0 Å². The summed E-state index contributed by atoms with van der Waals surface area (Å²) in [6.07, 6.45) is 3.04. The monoisotopic (exact) mass is 375 g/mol. The van der Waals surface area contributed by atoms with Gasteiger partial charge < -0.3 is 15.5 Å². The van der Waals surface area contributed by atoms with Gasteiger partial charge in [-0.05, 0) is 56.7 Å². The molecule has 0 radical (unpaired) electrons. The molecule has 2 aromatic carbocycles. The Kier molecular flexibility index (Phi) is 6.22. The molecule has 6 nitrogen and oxygen atoms in total. The molecular formula is C22H25N5O. The van der Waals surface area contributed by atoms with Crippen LogP contribution < -0.4 is 15.5 Å². The van der Waals surface area contributed by atoms with Crippen molar-refractivity contribution in [2.45, 2.75) is 20.8 Å². The highest BCUT2D eigenvalue weighted by Gasteiger charge is 2.10. The van der Waals surface area contributed by atoms with Gasteiger partial charge in [-0.2, -0.15) is 0 Å². The second-order valence-corrected chi connectivity index (χ2v) is 6.40. The lowest BCUT2D eigenvalue weighted by Crippen LogP contribution is -2.21. The Morgan fingerprint density at radius 1 is 1.00 bits per heavy atom. The third-order valence-electron chi connectivity index (χ3n) is 4.52. The molecule has 1 aromatic heterocycles. The Morgan fingerprint density at radius 3 is 2.36 bits per heavy atom. The number of benzene rings is 2. The summed E-state index contributed by atoms with van der Waals surface area (Å²) < 4.78 is 0. The minimum atomic E-state index is -0.287. The predicted molar refractivity (Wildman–Crippen MR) is 114 cm³/mol. The Bertz CT molecular complexity index is 921. The van der Waals surface area contributed by atoms with Crippen LogP contribution in [0.3, 0.4) is 0 Å². The molecule has 0 bridgehead atoms. The lowest BCUT2D eigenvalue weighted by molar-refractivity contribution is 0.102. The zero-order chi connectivity index (χ0) is 19.9. The van der Waals surface area contributed by atoms with Gasteiger partial charge in [-0.25, -0.2) is 9.97 Å². The SMILES string of the molecule is CCN(CC)c1ccc(Nc2cnc(C(=O)Nc3ccccc3)cn2)c(C)c1. The molecule has 0 atom stereocenters. The summed E-state index contributed by atoms with van der Waals surface area (Å²) in [5.41, 5.74) is 4.28. The first kappa shape index (κ1) is 19.4. The second kappa shape index (κ2) is 8.99.